The highest BCUT2D eigenvalue weighted by atomic mass is 79.9. The third-order valence-corrected chi connectivity index (χ3v) is 5.90. The second-order valence-electron chi connectivity index (χ2n) is 7.01. The predicted molar refractivity (Wildman–Crippen MR) is 116 cm³/mol. The van der Waals surface area contributed by atoms with Crippen LogP contribution in [0.2, 0.25) is 10.0 Å². The lowest BCUT2D eigenvalue weighted by Gasteiger charge is -2.14. The molecule has 1 saturated carbocycles. The van der Waals surface area contributed by atoms with Gasteiger partial charge in [0.1, 0.15) is 10.6 Å². The molecule has 3 aromatic rings. The third-order valence-electron chi connectivity index (χ3n) is 4.73. The zero-order valence-electron chi connectivity index (χ0n) is 15.8. The average Bonchev–Trinajstić information content (AvgIpc) is 3.45. The summed E-state index contributed by atoms with van der Waals surface area (Å²) < 4.78 is 8.76. The van der Waals surface area contributed by atoms with E-state index in [1.165, 1.54) is 10.6 Å². The quantitative estimate of drug-likeness (QED) is 0.392. The van der Waals surface area contributed by atoms with Crippen LogP contribution in [0.5, 0.6) is 0 Å². The van der Waals surface area contributed by atoms with E-state index in [2.05, 4.69) is 26.3 Å². The summed E-state index contributed by atoms with van der Waals surface area (Å²) in [6.45, 7) is 2.01. The monoisotopic (exact) mass is 512 g/mol. The number of esters is 1. The number of aromatic nitrogens is 3. The molecule has 11 heteroatoms. The number of aryl methyl sites for hydroxylation is 1. The molecular weight excluding hydrogens is 497 g/mol. The van der Waals surface area contributed by atoms with Crippen LogP contribution in [0.3, 0.4) is 0 Å². The Bertz CT molecular complexity index is 1190. The zero-order chi connectivity index (χ0) is 21.6. The first kappa shape index (κ1) is 20.9. The summed E-state index contributed by atoms with van der Waals surface area (Å²) in [7, 11) is 0. The first-order valence-corrected chi connectivity index (χ1v) is 10.6. The minimum atomic E-state index is -0.806. The van der Waals surface area contributed by atoms with Crippen molar-refractivity contribution in [1.82, 2.24) is 9.78 Å². The van der Waals surface area contributed by atoms with E-state index < -0.39 is 12.0 Å². The molecule has 0 atom stereocenters. The number of nitrogens with zero attached hydrogens (tertiary/aromatic N) is 3. The van der Waals surface area contributed by atoms with E-state index in [4.69, 9.17) is 33.7 Å². The van der Waals surface area contributed by atoms with Crippen molar-refractivity contribution in [3.05, 3.63) is 50.3 Å². The summed E-state index contributed by atoms with van der Waals surface area (Å²) in [5, 5.41) is 7.70. The number of benzene rings is 1. The van der Waals surface area contributed by atoms with Crippen molar-refractivity contribution in [1.29, 1.82) is 0 Å². The Balaban J connectivity index is 1.87. The van der Waals surface area contributed by atoms with Crippen LogP contribution < -0.4 is 15.5 Å². The SMILES string of the molecule is Cc1nn(C(N)=O)c2c(Cl)c(Nc3ccc(Br)cc3Cl)c(C(=O)OCC3CC3)c[n+]12. The Morgan fingerprint density at radius 3 is 2.77 bits per heavy atom. The van der Waals surface area contributed by atoms with Crippen molar-refractivity contribution in [2.45, 2.75) is 19.8 Å². The summed E-state index contributed by atoms with van der Waals surface area (Å²) in [6.07, 6.45) is 3.62. The highest BCUT2D eigenvalue weighted by Gasteiger charge is 2.31. The van der Waals surface area contributed by atoms with Gasteiger partial charge in [0.25, 0.3) is 11.5 Å². The number of carbonyl (C=O) groups is 2. The third kappa shape index (κ3) is 3.97. The highest BCUT2D eigenvalue weighted by molar-refractivity contribution is 9.10. The molecule has 3 N–H and O–H groups in total. The lowest BCUT2D eigenvalue weighted by molar-refractivity contribution is -0.520. The van der Waals surface area contributed by atoms with E-state index in [1.807, 2.05) is 0 Å². The van der Waals surface area contributed by atoms with Crippen LogP contribution in [-0.2, 0) is 4.74 Å². The van der Waals surface area contributed by atoms with E-state index in [9.17, 15) is 9.59 Å². The number of anilines is 2. The molecule has 1 aliphatic rings. The summed E-state index contributed by atoms with van der Waals surface area (Å²) in [5.41, 5.74) is 6.60. The number of nitrogens with one attached hydrogen (secondary N) is 1. The Morgan fingerprint density at radius 2 is 2.13 bits per heavy atom. The van der Waals surface area contributed by atoms with Gasteiger partial charge in [0, 0.05) is 11.4 Å². The average molecular weight is 514 g/mol. The number of rotatable bonds is 5. The van der Waals surface area contributed by atoms with E-state index in [1.54, 1.807) is 25.1 Å². The molecule has 8 nitrogen and oxygen atoms in total. The van der Waals surface area contributed by atoms with Crippen molar-refractivity contribution >= 4 is 68.2 Å². The van der Waals surface area contributed by atoms with Crippen molar-refractivity contribution in [2.24, 2.45) is 11.7 Å². The van der Waals surface area contributed by atoms with Crippen LogP contribution in [-0.4, -0.2) is 28.4 Å². The molecule has 0 bridgehead atoms. The van der Waals surface area contributed by atoms with Crippen LogP contribution in [0.15, 0.2) is 28.9 Å². The van der Waals surface area contributed by atoms with Crippen LogP contribution in [0, 0.1) is 12.8 Å². The van der Waals surface area contributed by atoms with Gasteiger partial charge in [0.05, 0.1) is 34.3 Å². The molecule has 0 radical (unpaired) electrons. The molecule has 156 valence electrons. The molecule has 1 fully saturated rings. The van der Waals surface area contributed by atoms with Gasteiger partial charge in [-0.2, -0.15) is 4.40 Å². The predicted octanol–water partition coefficient (Wildman–Crippen LogP) is 4.24. The molecule has 30 heavy (non-hydrogen) atoms. The van der Waals surface area contributed by atoms with Gasteiger partial charge in [0.15, 0.2) is 0 Å². The molecule has 1 amide bonds. The van der Waals surface area contributed by atoms with Gasteiger partial charge < -0.3 is 15.8 Å². The fourth-order valence-electron chi connectivity index (χ4n) is 2.98. The molecule has 1 aliphatic carbocycles. The Kier molecular flexibility index (Phi) is 5.61. The number of halogens is 3. The largest absolute Gasteiger partial charge is 0.462 e. The normalized spacial score (nSPS) is 13.5. The van der Waals surface area contributed by atoms with Crippen molar-refractivity contribution < 1.29 is 18.7 Å². The molecule has 0 aliphatic heterocycles. The maximum atomic E-state index is 12.9. The van der Waals surface area contributed by atoms with Gasteiger partial charge in [-0.25, -0.2) is 9.59 Å². The van der Waals surface area contributed by atoms with E-state index >= 15 is 0 Å². The molecule has 1 aromatic carbocycles. The minimum absolute atomic E-state index is 0.0780. The standard InChI is InChI=1S/C19H16BrCl2N5O3/c1-9-25-27(19(23)29)17-15(22)16(24-14-5-4-11(20)6-13(14)21)12(7-26(9)17)18(28)30-8-10-2-3-10/h4-7,10H,2-3,8H2,1H3,(H2,23,29)/p+1. The Hall–Kier alpha value is -2.36. The van der Waals surface area contributed by atoms with E-state index in [0.29, 0.717) is 29.1 Å². The second kappa shape index (κ2) is 8.05. The van der Waals surface area contributed by atoms with E-state index in [-0.39, 0.29) is 21.9 Å². The van der Waals surface area contributed by atoms with Crippen LogP contribution >= 0.6 is 39.1 Å². The fourth-order valence-corrected chi connectivity index (χ4v) is 4.03. The van der Waals surface area contributed by atoms with Gasteiger partial charge in [-0.05, 0) is 41.6 Å². The molecule has 2 heterocycles. The first-order chi connectivity index (χ1) is 14.3. The fraction of sp³-hybridized carbons (Fsp3) is 0.263. The lowest BCUT2D eigenvalue weighted by atomic mass is 10.2. The van der Waals surface area contributed by atoms with Gasteiger partial charge in [-0.3, -0.25) is 0 Å². The zero-order valence-corrected chi connectivity index (χ0v) is 18.9. The number of carbonyl (C=O) groups excluding carboxylic acids is 2. The van der Waals surface area contributed by atoms with Crippen molar-refractivity contribution in [3.63, 3.8) is 0 Å². The van der Waals surface area contributed by atoms with Crippen molar-refractivity contribution in [3.8, 4) is 0 Å². The van der Waals surface area contributed by atoms with Crippen LogP contribution in [0.25, 0.3) is 5.65 Å². The van der Waals surface area contributed by atoms with Crippen molar-refractivity contribution in [2.75, 3.05) is 11.9 Å². The number of primary amides is 1. The number of fused-ring (bicyclic) bond motifs is 1. The molecule has 0 unspecified atom stereocenters. The minimum Gasteiger partial charge on any atom is -0.462 e. The maximum Gasteiger partial charge on any atom is 0.413 e. The molecule has 0 saturated heterocycles. The molecule has 4 rings (SSSR count). The molecular formula is C19H17BrCl2N5O3+. The maximum absolute atomic E-state index is 12.9. The number of ether oxygens (including phenoxy) is 1. The van der Waals surface area contributed by atoms with Gasteiger partial charge in [0.2, 0.25) is 0 Å². The van der Waals surface area contributed by atoms with E-state index in [0.717, 1.165) is 22.0 Å². The lowest BCUT2D eigenvalue weighted by Crippen LogP contribution is -2.29. The summed E-state index contributed by atoms with van der Waals surface area (Å²) >= 11 is 16.3. The van der Waals surface area contributed by atoms with Gasteiger partial charge >= 0.3 is 12.0 Å². The topological polar surface area (TPSA) is 103 Å². The number of nitrogens with two attached hydrogens (primary N) is 1. The van der Waals surface area contributed by atoms with Crippen LogP contribution in [0.1, 0.15) is 29.0 Å². The number of amides is 1. The highest BCUT2D eigenvalue weighted by Crippen LogP contribution is 2.36. The smallest absolute Gasteiger partial charge is 0.413 e. The number of hydrogen-bond acceptors (Lipinski definition) is 5. The Labute approximate surface area is 190 Å². The summed E-state index contributed by atoms with van der Waals surface area (Å²) in [6, 6.07) is 4.42. The second-order valence-corrected chi connectivity index (χ2v) is 8.71. The molecule has 2 aromatic heterocycles. The first-order valence-electron chi connectivity index (χ1n) is 9.08. The molecule has 0 spiro atoms. The van der Waals surface area contributed by atoms with Gasteiger partial charge in [-0.1, -0.05) is 39.1 Å². The van der Waals surface area contributed by atoms with Gasteiger partial charge in [-0.15, -0.1) is 0 Å². The summed E-state index contributed by atoms with van der Waals surface area (Å²) in [4.78, 5) is 24.7. The Morgan fingerprint density at radius 1 is 1.40 bits per heavy atom. The number of hydrogen-bond donors (Lipinski definition) is 2. The summed E-state index contributed by atoms with van der Waals surface area (Å²) in [5.74, 6) is 0.285. The van der Waals surface area contributed by atoms with Crippen LogP contribution in [0.4, 0.5) is 16.2 Å². The number of pyridine rings is 1.